The molecular weight excluding hydrogens is 227 g/mol. The topological polar surface area (TPSA) is 44.8 Å². The lowest BCUT2D eigenvalue weighted by Gasteiger charge is -2.10. The summed E-state index contributed by atoms with van der Waals surface area (Å²) in [7, 11) is 1.43. The van der Waals surface area contributed by atoms with Crippen LogP contribution < -0.4 is 9.47 Å². The Kier molecular flexibility index (Phi) is 4.75. The molecule has 0 aliphatic rings. The van der Waals surface area contributed by atoms with Crippen molar-refractivity contribution in [1.82, 2.24) is 0 Å². The lowest BCUT2D eigenvalue weighted by molar-refractivity contribution is 0.0519. The lowest BCUT2D eigenvalue weighted by Crippen LogP contribution is -2.09. The minimum atomic E-state index is -0.732. The highest BCUT2D eigenvalue weighted by Gasteiger charge is 2.19. The molecule has 0 heterocycles. The van der Waals surface area contributed by atoms with Gasteiger partial charge in [-0.25, -0.2) is 9.18 Å². The van der Waals surface area contributed by atoms with Crippen molar-refractivity contribution in [3.8, 4) is 11.5 Å². The van der Waals surface area contributed by atoms with Gasteiger partial charge in [-0.2, -0.15) is 0 Å². The van der Waals surface area contributed by atoms with E-state index in [9.17, 15) is 9.18 Å². The molecule has 0 N–H and O–H groups in total. The quantitative estimate of drug-likeness (QED) is 0.744. The Morgan fingerprint density at radius 3 is 2.53 bits per heavy atom. The van der Waals surface area contributed by atoms with Crippen molar-refractivity contribution in [1.29, 1.82) is 0 Å². The molecule has 1 aromatic rings. The van der Waals surface area contributed by atoms with Crippen molar-refractivity contribution in [3.63, 3.8) is 0 Å². The molecule has 1 rings (SSSR count). The van der Waals surface area contributed by atoms with Crippen LogP contribution >= 0.6 is 0 Å². The van der Waals surface area contributed by atoms with E-state index < -0.39 is 11.8 Å². The van der Waals surface area contributed by atoms with Crippen LogP contribution in [0.1, 0.15) is 24.2 Å². The zero-order valence-electron chi connectivity index (χ0n) is 10.1. The van der Waals surface area contributed by atoms with E-state index in [1.165, 1.54) is 19.2 Å². The second kappa shape index (κ2) is 6.08. The SMILES string of the molecule is CCOC(=O)c1cc(OC)cc(OCC)c1F. The first kappa shape index (κ1) is 13.3. The number of hydrogen-bond donors (Lipinski definition) is 0. The molecule has 0 spiro atoms. The normalized spacial score (nSPS) is 9.88. The number of esters is 1. The molecule has 0 atom stereocenters. The Hall–Kier alpha value is -1.78. The predicted molar refractivity (Wildman–Crippen MR) is 60.1 cm³/mol. The fourth-order valence-corrected chi connectivity index (χ4v) is 1.31. The molecule has 0 amide bonds. The summed E-state index contributed by atoms with van der Waals surface area (Å²) in [5, 5.41) is 0. The smallest absolute Gasteiger partial charge is 0.341 e. The van der Waals surface area contributed by atoms with Gasteiger partial charge in [-0.05, 0) is 19.9 Å². The molecule has 0 aromatic heterocycles. The summed E-state index contributed by atoms with van der Waals surface area (Å²) in [6, 6.07) is 2.68. The first-order chi connectivity index (χ1) is 8.13. The molecule has 1 aromatic carbocycles. The van der Waals surface area contributed by atoms with E-state index in [1.807, 2.05) is 0 Å². The van der Waals surface area contributed by atoms with Crippen LogP contribution in [0.3, 0.4) is 0 Å². The number of halogens is 1. The summed E-state index contributed by atoms with van der Waals surface area (Å²) in [6.07, 6.45) is 0. The number of hydrogen-bond acceptors (Lipinski definition) is 4. The average molecular weight is 242 g/mol. The van der Waals surface area contributed by atoms with Crippen molar-refractivity contribution in [2.24, 2.45) is 0 Å². The maximum absolute atomic E-state index is 13.9. The van der Waals surface area contributed by atoms with Gasteiger partial charge in [-0.15, -0.1) is 0 Å². The van der Waals surface area contributed by atoms with Gasteiger partial charge in [0.15, 0.2) is 11.6 Å². The molecule has 94 valence electrons. The lowest BCUT2D eigenvalue weighted by atomic mass is 10.2. The highest BCUT2D eigenvalue weighted by molar-refractivity contribution is 5.90. The number of rotatable bonds is 5. The Labute approximate surface area is 99.3 Å². The van der Waals surface area contributed by atoms with Gasteiger partial charge >= 0.3 is 5.97 Å². The highest BCUT2D eigenvalue weighted by atomic mass is 19.1. The van der Waals surface area contributed by atoms with Crippen LogP contribution in [0.15, 0.2) is 12.1 Å². The van der Waals surface area contributed by atoms with Crippen LogP contribution in [0.4, 0.5) is 4.39 Å². The third kappa shape index (κ3) is 3.09. The van der Waals surface area contributed by atoms with E-state index >= 15 is 0 Å². The van der Waals surface area contributed by atoms with Crippen LogP contribution in [-0.4, -0.2) is 26.3 Å². The fraction of sp³-hybridized carbons (Fsp3) is 0.417. The maximum atomic E-state index is 13.9. The van der Waals surface area contributed by atoms with E-state index in [0.717, 1.165) is 0 Å². The van der Waals surface area contributed by atoms with E-state index in [0.29, 0.717) is 12.4 Å². The van der Waals surface area contributed by atoms with Crippen LogP contribution in [-0.2, 0) is 4.74 Å². The Morgan fingerprint density at radius 1 is 1.29 bits per heavy atom. The Balaban J connectivity index is 3.18. The fourth-order valence-electron chi connectivity index (χ4n) is 1.31. The molecule has 0 saturated carbocycles. The summed E-state index contributed by atoms with van der Waals surface area (Å²) < 4.78 is 28.7. The number of carbonyl (C=O) groups is 1. The largest absolute Gasteiger partial charge is 0.497 e. The van der Waals surface area contributed by atoms with E-state index in [-0.39, 0.29) is 17.9 Å². The summed E-state index contributed by atoms with van der Waals surface area (Å²) in [6.45, 7) is 3.86. The molecular formula is C12H15FO4. The Morgan fingerprint density at radius 2 is 2.00 bits per heavy atom. The van der Waals surface area contributed by atoms with Crippen molar-refractivity contribution >= 4 is 5.97 Å². The zero-order chi connectivity index (χ0) is 12.8. The molecule has 0 radical (unpaired) electrons. The first-order valence-corrected chi connectivity index (χ1v) is 5.31. The first-order valence-electron chi connectivity index (χ1n) is 5.31. The third-order valence-corrected chi connectivity index (χ3v) is 2.04. The molecule has 0 bridgehead atoms. The average Bonchev–Trinajstić information content (AvgIpc) is 2.32. The number of benzene rings is 1. The van der Waals surface area contributed by atoms with Gasteiger partial charge in [-0.3, -0.25) is 0 Å². The summed E-state index contributed by atoms with van der Waals surface area (Å²) in [5.74, 6) is -1.14. The van der Waals surface area contributed by atoms with Gasteiger partial charge in [0, 0.05) is 6.07 Å². The third-order valence-electron chi connectivity index (χ3n) is 2.04. The minimum absolute atomic E-state index is 0.0186. The zero-order valence-corrected chi connectivity index (χ0v) is 10.1. The molecule has 5 heteroatoms. The molecule has 17 heavy (non-hydrogen) atoms. The van der Waals surface area contributed by atoms with Gasteiger partial charge in [0.1, 0.15) is 11.3 Å². The van der Waals surface area contributed by atoms with Gasteiger partial charge in [0.05, 0.1) is 20.3 Å². The van der Waals surface area contributed by atoms with Crippen LogP contribution in [0.2, 0.25) is 0 Å². The monoisotopic (exact) mass is 242 g/mol. The standard InChI is InChI=1S/C12H15FO4/c1-4-16-10-7-8(15-3)6-9(11(10)13)12(14)17-5-2/h6-7H,4-5H2,1-3H3. The number of carbonyl (C=O) groups excluding carboxylic acids is 1. The number of methoxy groups -OCH3 is 1. The maximum Gasteiger partial charge on any atom is 0.341 e. The van der Waals surface area contributed by atoms with E-state index in [1.54, 1.807) is 13.8 Å². The van der Waals surface area contributed by atoms with Gasteiger partial charge < -0.3 is 14.2 Å². The van der Waals surface area contributed by atoms with Crippen molar-refractivity contribution in [2.45, 2.75) is 13.8 Å². The molecule has 0 unspecified atom stereocenters. The number of ether oxygens (including phenoxy) is 3. The second-order valence-corrected chi connectivity index (χ2v) is 3.14. The Bertz CT molecular complexity index is 404. The molecule has 0 fully saturated rings. The summed E-state index contributed by atoms with van der Waals surface area (Å²) in [4.78, 5) is 11.5. The highest BCUT2D eigenvalue weighted by Crippen LogP contribution is 2.28. The van der Waals surface area contributed by atoms with Crippen molar-refractivity contribution in [3.05, 3.63) is 23.5 Å². The van der Waals surface area contributed by atoms with E-state index in [2.05, 4.69) is 0 Å². The van der Waals surface area contributed by atoms with Crippen LogP contribution in [0.5, 0.6) is 11.5 Å². The van der Waals surface area contributed by atoms with Gasteiger partial charge in [-0.1, -0.05) is 0 Å². The molecule has 0 saturated heterocycles. The molecule has 0 aliphatic carbocycles. The van der Waals surface area contributed by atoms with Crippen LogP contribution in [0, 0.1) is 5.82 Å². The summed E-state index contributed by atoms with van der Waals surface area (Å²) >= 11 is 0. The molecule has 0 aliphatic heterocycles. The van der Waals surface area contributed by atoms with Crippen LogP contribution in [0.25, 0.3) is 0 Å². The molecule has 4 nitrogen and oxygen atoms in total. The van der Waals surface area contributed by atoms with Crippen molar-refractivity contribution < 1.29 is 23.4 Å². The predicted octanol–water partition coefficient (Wildman–Crippen LogP) is 2.41. The van der Waals surface area contributed by atoms with Gasteiger partial charge in [0.25, 0.3) is 0 Å². The minimum Gasteiger partial charge on any atom is -0.497 e. The van der Waals surface area contributed by atoms with Gasteiger partial charge in [0.2, 0.25) is 0 Å². The summed E-state index contributed by atoms with van der Waals surface area (Å²) in [5.41, 5.74) is -0.186. The second-order valence-electron chi connectivity index (χ2n) is 3.14. The van der Waals surface area contributed by atoms with Crippen molar-refractivity contribution in [2.75, 3.05) is 20.3 Å². The van der Waals surface area contributed by atoms with E-state index in [4.69, 9.17) is 14.2 Å².